The number of pyridine rings is 1. The van der Waals surface area contributed by atoms with Gasteiger partial charge in [-0.15, -0.1) is 24.8 Å². The molecule has 0 bridgehead atoms. The second-order valence-electron chi connectivity index (χ2n) is 2.17. The van der Waals surface area contributed by atoms with Crippen LogP contribution in [0.1, 0.15) is 11.1 Å². The number of aromatic nitrogens is 1. The number of aryl methyl sites for hydroxylation is 1. The molecule has 0 atom stereocenters. The van der Waals surface area contributed by atoms with Crippen LogP contribution in [-0.4, -0.2) is 4.98 Å². The highest BCUT2D eigenvalue weighted by Gasteiger charge is 1.96. The van der Waals surface area contributed by atoms with Crippen molar-refractivity contribution >= 4 is 40.7 Å². The van der Waals surface area contributed by atoms with E-state index in [2.05, 4.69) is 20.9 Å². The van der Waals surface area contributed by atoms with E-state index in [1.807, 2.05) is 19.2 Å². The van der Waals surface area contributed by atoms with Crippen LogP contribution < -0.4 is 5.73 Å². The van der Waals surface area contributed by atoms with Gasteiger partial charge >= 0.3 is 0 Å². The van der Waals surface area contributed by atoms with Crippen molar-refractivity contribution in [2.24, 2.45) is 5.73 Å². The predicted octanol–water partition coefficient (Wildman–Crippen LogP) is 2.45. The van der Waals surface area contributed by atoms with Crippen molar-refractivity contribution in [1.82, 2.24) is 4.98 Å². The molecule has 2 nitrogen and oxygen atoms in total. The average molecular weight is 274 g/mol. The Morgan fingerprint density at radius 1 is 1.50 bits per heavy atom. The smallest absolute Gasteiger partial charge is 0.110 e. The van der Waals surface area contributed by atoms with Gasteiger partial charge in [0.2, 0.25) is 0 Å². The van der Waals surface area contributed by atoms with Gasteiger partial charge in [-0.1, -0.05) is 6.07 Å². The zero-order valence-electron chi connectivity index (χ0n) is 6.58. The number of hydrogen-bond donors (Lipinski definition) is 1. The van der Waals surface area contributed by atoms with E-state index in [0.717, 1.165) is 15.7 Å². The number of hydrogen-bond acceptors (Lipinski definition) is 2. The summed E-state index contributed by atoms with van der Waals surface area (Å²) in [5, 5.41) is 0. The number of nitrogens with two attached hydrogens (primary N) is 1. The van der Waals surface area contributed by atoms with Crippen LogP contribution in [0.25, 0.3) is 0 Å². The molecule has 5 heteroatoms. The Labute approximate surface area is 92.9 Å². The minimum absolute atomic E-state index is 0. The Morgan fingerprint density at radius 3 is 2.50 bits per heavy atom. The summed E-state index contributed by atoms with van der Waals surface area (Å²) in [6.07, 6.45) is 1.81. The molecule has 1 heterocycles. The first-order chi connectivity index (χ1) is 4.74. The lowest BCUT2D eigenvalue weighted by molar-refractivity contribution is 1.02. The largest absolute Gasteiger partial charge is 0.326 e. The average Bonchev–Trinajstić information content (AvgIpc) is 1.94. The molecule has 0 aromatic carbocycles. The summed E-state index contributed by atoms with van der Waals surface area (Å²) in [6, 6.07) is 2.02. The summed E-state index contributed by atoms with van der Waals surface area (Å²) in [4.78, 5) is 4.09. The van der Waals surface area contributed by atoms with E-state index in [4.69, 9.17) is 5.73 Å². The summed E-state index contributed by atoms with van der Waals surface area (Å²) in [5.74, 6) is 0. The van der Waals surface area contributed by atoms with Crippen molar-refractivity contribution in [3.8, 4) is 0 Å². The maximum absolute atomic E-state index is 5.45. The lowest BCUT2D eigenvalue weighted by Gasteiger charge is -1.99. The Balaban J connectivity index is 0. The first-order valence-electron chi connectivity index (χ1n) is 3.05. The van der Waals surface area contributed by atoms with Crippen LogP contribution in [0.3, 0.4) is 0 Å². The molecule has 0 saturated heterocycles. The lowest BCUT2D eigenvalue weighted by Crippen LogP contribution is -1.98. The molecule has 0 fully saturated rings. The molecule has 0 aliphatic heterocycles. The third kappa shape index (κ3) is 3.72. The fourth-order valence-electron chi connectivity index (χ4n) is 0.756. The minimum atomic E-state index is 0. The maximum Gasteiger partial charge on any atom is 0.110 e. The number of nitrogens with zero attached hydrogens (tertiary/aromatic N) is 1. The molecule has 0 spiro atoms. The van der Waals surface area contributed by atoms with E-state index in [9.17, 15) is 0 Å². The standard InChI is InChI=1S/C7H9BrN2.2ClH/c1-5-2-6(3-9)7(8)10-4-5;;/h2,4H,3,9H2,1H3;2*1H. The van der Waals surface area contributed by atoms with Gasteiger partial charge in [0.25, 0.3) is 0 Å². The van der Waals surface area contributed by atoms with Crippen molar-refractivity contribution in [2.75, 3.05) is 0 Å². The van der Waals surface area contributed by atoms with Gasteiger partial charge in [0.05, 0.1) is 0 Å². The van der Waals surface area contributed by atoms with Gasteiger partial charge in [0.1, 0.15) is 4.60 Å². The van der Waals surface area contributed by atoms with E-state index in [-0.39, 0.29) is 24.8 Å². The zero-order chi connectivity index (χ0) is 7.56. The highest BCUT2D eigenvalue weighted by molar-refractivity contribution is 9.10. The first-order valence-corrected chi connectivity index (χ1v) is 3.84. The van der Waals surface area contributed by atoms with Gasteiger partial charge in [0, 0.05) is 12.7 Å². The molecule has 70 valence electrons. The fourth-order valence-corrected chi connectivity index (χ4v) is 1.13. The normalized spacial score (nSPS) is 8.25. The van der Waals surface area contributed by atoms with Crippen LogP contribution in [0.15, 0.2) is 16.9 Å². The fraction of sp³-hybridized carbons (Fsp3) is 0.286. The third-order valence-corrected chi connectivity index (χ3v) is 1.98. The van der Waals surface area contributed by atoms with Crippen LogP contribution in [0.5, 0.6) is 0 Å². The quantitative estimate of drug-likeness (QED) is 0.799. The predicted molar refractivity (Wildman–Crippen MR) is 59.1 cm³/mol. The van der Waals surface area contributed by atoms with E-state index >= 15 is 0 Å². The van der Waals surface area contributed by atoms with Crippen LogP contribution in [0.4, 0.5) is 0 Å². The van der Waals surface area contributed by atoms with E-state index in [0.29, 0.717) is 6.54 Å². The molecule has 1 aromatic rings. The number of rotatable bonds is 1. The highest BCUT2D eigenvalue weighted by Crippen LogP contribution is 2.13. The Morgan fingerprint density at radius 2 is 2.08 bits per heavy atom. The number of halogens is 3. The molecule has 12 heavy (non-hydrogen) atoms. The summed E-state index contributed by atoms with van der Waals surface area (Å²) >= 11 is 3.30. The summed E-state index contributed by atoms with van der Waals surface area (Å²) in [5.41, 5.74) is 7.65. The first kappa shape index (κ1) is 14.7. The molecule has 1 rings (SSSR count). The molecule has 2 N–H and O–H groups in total. The topological polar surface area (TPSA) is 38.9 Å². The second-order valence-corrected chi connectivity index (χ2v) is 2.92. The molecule has 0 aliphatic carbocycles. The van der Waals surface area contributed by atoms with E-state index in [1.54, 1.807) is 0 Å². The monoisotopic (exact) mass is 272 g/mol. The molecule has 0 radical (unpaired) electrons. The van der Waals surface area contributed by atoms with Crippen LogP contribution in [0, 0.1) is 6.92 Å². The van der Waals surface area contributed by atoms with Crippen LogP contribution in [-0.2, 0) is 6.54 Å². The van der Waals surface area contributed by atoms with Crippen molar-refractivity contribution in [3.63, 3.8) is 0 Å². The highest BCUT2D eigenvalue weighted by atomic mass is 79.9. The van der Waals surface area contributed by atoms with Crippen LogP contribution >= 0.6 is 40.7 Å². The van der Waals surface area contributed by atoms with E-state index < -0.39 is 0 Å². The summed E-state index contributed by atoms with van der Waals surface area (Å²) < 4.78 is 0.848. The Kier molecular flexibility index (Phi) is 8.15. The molecule has 0 amide bonds. The van der Waals surface area contributed by atoms with Crippen LogP contribution in [0.2, 0.25) is 0 Å². The summed E-state index contributed by atoms with van der Waals surface area (Å²) in [7, 11) is 0. The SMILES string of the molecule is Cc1cnc(Br)c(CN)c1.Cl.Cl. The van der Waals surface area contributed by atoms with Crippen molar-refractivity contribution in [3.05, 3.63) is 28.0 Å². The van der Waals surface area contributed by atoms with Crippen molar-refractivity contribution in [1.29, 1.82) is 0 Å². The van der Waals surface area contributed by atoms with Gasteiger partial charge in [-0.25, -0.2) is 4.98 Å². The van der Waals surface area contributed by atoms with Gasteiger partial charge in [-0.3, -0.25) is 0 Å². The van der Waals surface area contributed by atoms with Crippen molar-refractivity contribution in [2.45, 2.75) is 13.5 Å². The maximum atomic E-state index is 5.45. The minimum Gasteiger partial charge on any atom is -0.326 e. The zero-order valence-corrected chi connectivity index (χ0v) is 9.80. The molecular weight excluding hydrogens is 263 g/mol. The van der Waals surface area contributed by atoms with E-state index in [1.165, 1.54) is 0 Å². The lowest BCUT2D eigenvalue weighted by atomic mass is 10.2. The molecule has 0 aliphatic rings. The molecule has 0 unspecified atom stereocenters. The van der Waals surface area contributed by atoms with Crippen molar-refractivity contribution < 1.29 is 0 Å². The molecule has 0 saturated carbocycles. The second kappa shape index (κ2) is 6.66. The summed E-state index contributed by atoms with van der Waals surface area (Å²) in [6.45, 7) is 2.54. The third-order valence-electron chi connectivity index (χ3n) is 1.27. The molecular formula is C7H11BrCl2N2. The van der Waals surface area contributed by atoms with Gasteiger partial charge in [-0.05, 0) is 34.0 Å². The van der Waals surface area contributed by atoms with Gasteiger partial charge in [-0.2, -0.15) is 0 Å². The Bertz CT molecular complexity index is 243. The molecule has 1 aromatic heterocycles. The van der Waals surface area contributed by atoms with Gasteiger partial charge < -0.3 is 5.73 Å². The van der Waals surface area contributed by atoms with Gasteiger partial charge in [0.15, 0.2) is 0 Å². The Hall–Kier alpha value is 0.170.